The Morgan fingerprint density at radius 2 is 2.08 bits per heavy atom. The van der Waals surface area contributed by atoms with E-state index in [-0.39, 0.29) is 35.0 Å². The lowest BCUT2D eigenvalue weighted by Crippen LogP contribution is -2.48. The van der Waals surface area contributed by atoms with Crippen molar-refractivity contribution in [2.45, 2.75) is 50.7 Å². The molecule has 0 bridgehead atoms. The summed E-state index contributed by atoms with van der Waals surface area (Å²) in [6.45, 7) is -0.00941. The fourth-order valence-corrected chi connectivity index (χ4v) is 4.15. The molecule has 2 N–H and O–H groups in total. The summed E-state index contributed by atoms with van der Waals surface area (Å²) in [6.07, 6.45) is 3.33. The van der Waals surface area contributed by atoms with Gasteiger partial charge in [-0.05, 0) is 31.2 Å². The van der Waals surface area contributed by atoms with E-state index in [9.17, 15) is 19.1 Å². The second-order valence-electron chi connectivity index (χ2n) is 6.48. The van der Waals surface area contributed by atoms with Crippen molar-refractivity contribution in [3.8, 4) is 0 Å². The molecule has 3 unspecified atom stereocenters. The molecule has 1 aromatic rings. The normalized spacial score (nSPS) is 26.1. The molecule has 2 aliphatic rings. The Bertz CT molecular complexity index is 655. The zero-order valence-corrected chi connectivity index (χ0v) is 13.9. The van der Waals surface area contributed by atoms with Gasteiger partial charge in [-0.25, -0.2) is 9.18 Å². The van der Waals surface area contributed by atoms with Crippen LogP contribution in [0.2, 0.25) is 5.02 Å². The van der Waals surface area contributed by atoms with E-state index in [1.54, 1.807) is 12.1 Å². The highest BCUT2D eigenvalue weighted by molar-refractivity contribution is 6.30. The van der Waals surface area contributed by atoms with E-state index in [1.165, 1.54) is 11.0 Å². The first-order chi connectivity index (χ1) is 11.5. The lowest BCUT2D eigenvalue weighted by atomic mass is 9.85. The molecule has 1 saturated carbocycles. The van der Waals surface area contributed by atoms with E-state index in [2.05, 4.69) is 5.32 Å². The molecule has 1 heterocycles. The summed E-state index contributed by atoms with van der Waals surface area (Å²) in [7, 11) is 0. The van der Waals surface area contributed by atoms with Crippen molar-refractivity contribution in [1.82, 2.24) is 10.2 Å². The smallest absolute Gasteiger partial charge is 0.408 e. The number of carboxylic acid groups (broad SMARTS) is 1. The summed E-state index contributed by atoms with van der Waals surface area (Å²) in [5.41, 5.74) is 0.285. The molecule has 0 spiro atoms. The van der Waals surface area contributed by atoms with E-state index < -0.39 is 18.0 Å². The minimum absolute atomic E-state index is 0.000738. The molecule has 0 radical (unpaired) electrons. The van der Waals surface area contributed by atoms with Crippen LogP contribution >= 0.6 is 11.6 Å². The Kier molecular flexibility index (Phi) is 4.94. The number of halogens is 2. The number of likely N-dealkylation sites (tertiary alicyclic amines) is 1. The van der Waals surface area contributed by atoms with Crippen LogP contribution in [0.4, 0.5) is 9.18 Å². The van der Waals surface area contributed by atoms with Crippen molar-refractivity contribution >= 4 is 23.6 Å². The highest BCUT2D eigenvalue weighted by atomic mass is 35.5. The highest BCUT2D eigenvalue weighted by Crippen LogP contribution is 2.39. The van der Waals surface area contributed by atoms with E-state index in [4.69, 9.17) is 11.6 Å². The van der Waals surface area contributed by atoms with Gasteiger partial charge in [-0.3, -0.25) is 9.69 Å². The standard InChI is InChI=1S/C17H20ClFN2O3/c18-12-6-3-5-11(15(12)19)9-20-16(22)14-8-10-4-1-2-7-13(10)21(14)17(23)24/h3,5-6,10,13-14H,1-2,4,7-9H2,(H,20,22)(H,23,24). The molecule has 7 heteroatoms. The van der Waals surface area contributed by atoms with Gasteiger partial charge in [-0.15, -0.1) is 0 Å². The number of hydrogen-bond acceptors (Lipinski definition) is 2. The number of fused-ring (bicyclic) bond motifs is 1. The summed E-state index contributed by atoms with van der Waals surface area (Å²) in [5.74, 6) is -0.686. The number of hydrogen-bond donors (Lipinski definition) is 2. The predicted octanol–water partition coefficient (Wildman–Crippen LogP) is 3.41. The fraction of sp³-hybridized carbons (Fsp3) is 0.529. The molecule has 1 aliphatic carbocycles. The SMILES string of the molecule is O=C(NCc1cccc(Cl)c1F)C1CC2CCCCC2N1C(=O)O. The van der Waals surface area contributed by atoms with Crippen molar-refractivity contribution in [3.05, 3.63) is 34.6 Å². The molecule has 24 heavy (non-hydrogen) atoms. The second-order valence-corrected chi connectivity index (χ2v) is 6.89. The van der Waals surface area contributed by atoms with E-state index >= 15 is 0 Å². The molecule has 130 valence electrons. The van der Waals surface area contributed by atoms with Gasteiger partial charge < -0.3 is 10.4 Å². The third kappa shape index (κ3) is 3.20. The van der Waals surface area contributed by atoms with Gasteiger partial charge in [0, 0.05) is 18.2 Å². The van der Waals surface area contributed by atoms with Crippen LogP contribution in [0.1, 0.15) is 37.7 Å². The monoisotopic (exact) mass is 354 g/mol. The van der Waals surface area contributed by atoms with Crippen LogP contribution in [0.5, 0.6) is 0 Å². The molecule has 0 aromatic heterocycles. The Morgan fingerprint density at radius 3 is 2.83 bits per heavy atom. The van der Waals surface area contributed by atoms with Gasteiger partial charge in [0.15, 0.2) is 0 Å². The summed E-state index contributed by atoms with van der Waals surface area (Å²) in [4.78, 5) is 25.4. The molecular weight excluding hydrogens is 335 g/mol. The number of carbonyl (C=O) groups excluding carboxylic acids is 1. The minimum Gasteiger partial charge on any atom is -0.465 e. The Morgan fingerprint density at radius 1 is 1.33 bits per heavy atom. The van der Waals surface area contributed by atoms with Crippen LogP contribution in [-0.2, 0) is 11.3 Å². The maximum absolute atomic E-state index is 13.9. The van der Waals surface area contributed by atoms with E-state index in [1.807, 2.05) is 0 Å². The van der Waals surface area contributed by atoms with Crippen molar-refractivity contribution in [2.24, 2.45) is 5.92 Å². The van der Waals surface area contributed by atoms with Crippen LogP contribution in [-0.4, -0.2) is 34.1 Å². The Balaban J connectivity index is 1.69. The number of rotatable bonds is 3. The second kappa shape index (κ2) is 6.97. The predicted molar refractivity (Wildman–Crippen MR) is 87.3 cm³/mol. The number of carbonyl (C=O) groups is 2. The zero-order valence-electron chi connectivity index (χ0n) is 13.2. The number of nitrogens with zero attached hydrogens (tertiary/aromatic N) is 1. The first-order valence-electron chi connectivity index (χ1n) is 8.21. The third-order valence-electron chi connectivity index (χ3n) is 5.10. The lowest BCUT2D eigenvalue weighted by molar-refractivity contribution is -0.125. The molecule has 2 amide bonds. The van der Waals surface area contributed by atoms with Gasteiger partial charge in [0.1, 0.15) is 11.9 Å². The van der Waals surface area contributed by atoms with Gasteiger partial charge in [-0.1, -0.05) is 36.6 Å². The summed E-state index contributed by atoms with van der Waals surface area (Å²) < 4.78 is 13.9. The molecule has 1 aromatic carbocycles. The van der Waals surface area contributed by atoms with Gasteiger partial charge in [0.05, 0.1) is 5.02 Å². The van der Waals surface area contributed by atoms with Gasteiger partial charge in [-0.2, -0.15) is 0 Å². The molecule has 3 atom stereocenters. The lowest BCUT2D eigenvalue weighted by Gasteiger charge is -2.31. The molecule has 1 saturated heterocycles. The fourth-order valence-electron chi connectivity index (χ4n) is 3.95. The van der Waals surface area contributed by atoms with Crippen LogP contribution in [0.3, 0.4) is 0 Å². The highest BCUT2D eigenvalue weighted by Gasteiger charge is 2.47. The quantitative estimate of drug-likeness (QED) is 0.874. The molecule has 1 aliphatic heterocycles. The molecule has 5 nitrogen and oxygen atoms in total. The molecule has 3 rings (SSSR count). The topological polar surface area (TPSA) is 69.6 Å². The Hall–Kier alpha value is -1.82. The maximum Gasteiger partial charge on any atom is 0.408 e. The zero-order chi connectivity index (χ0) is 17.3. The average molecular weight is 355 g/mol. The number of nitrogens with one attached hydrogen (secondary N) is 1. The third-order valence-corrected chi connectivity index (χ3v) is 5.39. The van der Waals surface area contributed by atoms with E-state index in [0.29, 0.717) is 6.42 Å². The maximum atomic E-state index is 13.9. The van der Waals surface area contributed by atoms with Crippen LogP contribution in [0.15, 0.2) is 18.2 Å². The van der Waals surface area contributed by atoms with Crippen molar-refractivity contribution in [1.29, 1.82) is 0 Å². The van der Waals surface area contributed by atoms with Crippen molar-refractivity contribution < 1.29 is 19.1 Å². The van der Waals surface area contributed by atoms with Gasteiger partial charge in [0.25, 0.3) is 0 Å². The van der Waals surface area contributed by atoms with Gasteiger partial charge >= 0.3 is 6.09 Å². The largest absolute Gasteiger partial charge is 0.465 e. The minimum atomic E-state index is -1.06. The van der Waals surface area contributed by atoms with Crippen LogP contribution in [0.25, 0.3) is 0 Å². The summed E-state index contributed by atoms with van der Waals surface area (Å²) >= 11 is 5.73. The molecule has 2 fully saturated rings. The van der Waals surface area contributed by atoms with Gasteiger partial charge in [0.2, 0.25) is 5.91 Å². The Labute approximate surface area is 144 Å². The average Bonchev–Trinajstić information content (AvgIpc) is 2.95. The summed E-state index contributed by atoms with van der Waals surface area (Å²) in [6, 6.07) is 3.83. The first-order valence-corrected chi connectivity index (χ1v) is 8.58. The number of amides is 2. The van der Waals surface area contributed by atoms with Crippen molar-refractivity contribution in [3.63, 3.8) is 0 Å². The van der Waals surface area contributed by atoms with E-state index in [0.717, 1.165) is 25.7 Å². The van der Waals surface area contributed by atoms with Crippen LogP contribution in [0, 0.1) is 11.7 Å². The molecular formula is C17H20ClFN2O3. The summed E-state index contributed by atoms with van der Waals surface area (Å²) in [5, 5.41) is 12.2. The van der Waals surface area contributed by atoms with Crippen molar-refractivity contribution in [2.75, 3.05) is 0 Å². The number of benzene rings is 1. The van der Waals surface area contributed by atoms with Crippen LogP contribution < -0.4 is 5.32 Å². The first kappa shape index (κ1) is 17.0.